The van der Waals surface area contributed by atoms with E-state index in [1.165, 1.54) is 18.0 Å². The molecule has 70 valence electrons. The third kappa shape index (κ3) is 2.36. The minimum Gasteiger partial charge on any atom is -0.469 e. The number of methoxy groups -OCH3 is 1. The minimum atomic E-state index is -0.573. The SMILES string of the molecule is COC(=O)CC(=O)c1cn(C)nn1. The fourth-order valence-corrected chi connectivity index (χ4v) is 0.769. The zero-order chi connectivity index (χ0) is 9.84. The molecule has 0 unspecified atom stereocenters. The number of ketones is 1. The number of aryl methyl sites for hydroxylation is 1. The van der Waals surface area contributed by atoms with E-state index in [0.717, 1.165) is 0 Å². The largest absolute Gasteiger partial charge is 0.469 e. The molecule has 0 saturated carbocycles. The standard InChI is InChI=1S/C7H9N3O3/c1-10-4-5(8-9-10)6(11)3-7(12)13-2/h4H,3H2,1-2H3. The van der Waals surface area contributed by atoms with Gasteiger partial charge in [-0.25, -0.2) is 0 Å². The molecular weight excluding hydrogens is 174 g/mol. The van der Waals surface area contributed by atoms with E-state index in [1.807, 2.05) is 0 Å². The average molecular weight is 183 g/mol. The molecule has 0 N–H and O–H groups in total. The summed E-state index contributed by atoms with van der Waals surface area (Å²) in [6.45, 7) is 0. The summed E-state index contributed by atoms with van der Waals surface area (Å²) in [6.07, 6.45) is 1.15. The van der Waals surface area contributed by atoms with Gasteiger partial charge in [-0.1, -0.05) is 5.21 Å². The lowest BCUT2D eigenvalue weighted by Crippen LogP contribution is -2.09. The Kier molecular flexibility index (Phi) is 2.73. The summed E-state index contributed by atoms with van der Waals surface area (Å²) in [7, 11) is 2.87. The molecular formula is C7H9N3O3. The Labute approximate surface area is 74.5 Å². The molecule has 6 nitrogen and oxygen atoms in total. The Morgan fingerprint density at radius 2 is 2.31 bits per heavy atom. The Hall–Kier alpha value is -1.72. The Morgan fingerprint density at radius 3 is 2.77 bits per heavy atom. The van der Waals surface area contributed by atoms with E-state index in [4.69, 9.17) is 0 Å². The number of hydrogen-bond acceptors (Lipinski definition) is 5. The van der Waals surface area contributed by atoms with Crippen LogP contribution in [0.3, 0.4) is 0 Å². The van der Waals surface area contributed by atoms with Crippen molar-refractivity contribution in [2.45, 2.75) is 6.42 Å². The van der Waals surface area contributed by atoms with Crippen LogP contribution in [0, 0.1) is 0 Å². The van der Waals surface area contributed by atoms with Crippen LogP contribution in [0.25, 0.3) is 0 Å². The topological polar surface area (TPSA) is 74.1 Å². The van der Waals surface area contributed by atoms with E-state index in [-0.39, 0.29) is 17.9 Å². The first-order valence-corrected chi connectivity index (χ1v) is 3.60. The second-order valence-electron chi connectivity index (χ2n) is 2.45. The molecule has 0 radical (unpaired) electrons. The van der Waals surface area contributed by atoms with E-state index in [9.17, 15) is 9.59 Å². The second-order valence-corrected chi connectivity index (χ2v) is 2.45. The summed E-state index contributed by atoms with van der Waals surface area (Å²) in [4.78, 5) is 21.9. The lowest BCUT2D eigenvalue weighted by Gasteiger charge is -1.94. The number of rotatable bonds is 3. The zero-order valence-corrected chi connectivity index (χ0v) is 7.35. The van der Waals surface area contributed by atoms with Gasteiger partial charge in [0.15, 0.2) is 5.78 Å². The Morgan fingerprint density at radius 1 is 1.62 bits per heavy atom. The molecule has 0 aliphatic carbocycles. The maximum atomic E-state index is 11.2. The Bertz CT molecular complexity index is 331. The van der Waals surface area contributed by atoms with Gasteiger partial charge < -0.3 is 4.74 Å². The van der Waals surface area contributed by atoms with Gasteiger partial charge in [-0.05, 0) is 0 Å². The summed E-state index contributed by atoms with van der Waals surface area (Å²) in [5, 5.41) is 7.12. The van der Waals surface area contributed by atoms with Crippen LogP contribution in [-0.2, 0) is 16.6 Å². The van der Waals surface area contributed by atoms with Gasteiger partial charge in [0.05, 0.1) is 13.3 Å². The highest BCUT2D eigenvalue weighted by Crippen LogP contribution is 1.98. The molecule has 1 heterocycles. The van der Waals surface area contributed by atoms with Crippen LogP contribution >= 0.6 is 0 Å². The van der Waals surface area contributed by atoms with Crippen molar-refractivity contribution in [1.29, 1.82) is 0 Å². The first kappa shape index (κ1) is 9.37. The molecule has 1 aromatic rings. The van der Waals surface area contributed by atoms with Gasteiger partial charge in [0.25, 0.3) is 0 Å². The van der Waals surface area contributed by atoms with Crippen molar-refractivity contribution in [3.05, 3.63) is 11.9 Å². The van der Waals surface area contributed by atoms with Gasteiger partial charge in [0, 0.05) is 7.05 Å². The molecule has 1 rings (SSSR count). The van der Waals surface area contributed by atoms with Crippen LogP contribution in [-0.4, -0.2) is 33.9 Å². The third-order valence-electron chi connectivity index (χ3n) is 1.42. The van der Waals surface area contributed by atoms with Gasteiger partial charge in [-0.15, -0.1) is 5.10 Å². The monoisotopic (exact) mass is 183 g/mol. The van der Waals surface area contributed by atoms with E-state index in [0.29, 0.717) is 0 Å². The number of ether oxygens (including phenoxy) is 1. The van der Waals surface area contributed by atoms with Gasteiger partial charge in [-0.2, -0.15) is 0 Å². The lowest BCUT2D eigenvalue weighted by molar-refractivity contribution is -0.139. The maximum absolute atomic E-state index is 11.2. The van der Waals surface area contributed by atoms with Gasteiger partial charge in [0.2, 0.25) is 0 Å². The summed E-state index contributed by atoms with van der Waals surface area (Å²) >= 11 is 0. The molecule has 0 saturated heterocycles. The number of carbonyl (C=O) groups is 2. The van der Waals surface area contributed by atoms with E-state index in [1.54, 1.807) is 7.05 Å². The summed E-state index contributed by atoms with van der Waals surface area (Å²) in [5.41, 5.74) is 0.174. The van der Waals surface area contributed by atoms with Crippen LogP contribution in [0.1, 0.15) is 16.9 Å². The molecule has 0 atom stereocenters. The molecule has 0 fully saturated rings. The van der Waals surface area contributed by atoms with Gasteiger partial charge in [-0.3, -0.25) is 14.3 Å². The first-order chi connectivity index (χ1) is 6.13. The van der Waals surface area contributed by atoms with E-state index >= 15 is 0 Å². The van der Waals surface area contributed by atoms with Crippen LogP contribution in [0.5, 0.6) is 0 Å². The van der Waals surface area contributed by atoms with Crippen LogP contribution in [0.4, 0.5) is 0 Å². The smallest absolute Gasteiger partial charge is 0.313 e. The first-order valence-electron chi connectivity index (χ1n) is 3.60. The van der Waals surface area contributed by atoms with Crippen molar-refractivity contribution >= 4 is 11.8 Å². The summed E-state index contributed by atoms with van der Waals surface area (Å²) < 4.78 is 5.73. The van der Waals surface area contributed by atoms with Crippen molar-refractivity contribution in [1.82, 2.24) is 15.0 Å². The number of Topliss-reactive ketones (excluding diaryl/α,β-unsaturated/α-hetero) is 1. The van der Waals surface area contributed by atoms with Crippen molar-refractivity contribution < 1.29 is 14.3 Å². The third-order valence-corrected chi connectivity index (χ3v) is 1.42. The fourth-order valence-electron chi connectivity index (χ4n) is 0.769. The van der Waals surface area contributed by atoms with Crippen LogP contribution < -0.4 is 0 Å². The van der Waals surface area contributed by atoms with Gasteiger partial charge >= 0.3 is 5.97 Å². The molecule has 0 aliphatic heterocycles. The fraction of sp³-hybridized carbons (Fsp3) is 0.429. The molecule has 0 bridgehead atoms. The molecule has 0 aliphatic rings. The van der Waals surface area contributed by atoms with Crippen molar-refractivity contribution in [3.63, 3.8) is 0 Å². The summed E-state index contributed by atoms with van der Waals surface area (Å²) in [5.74, 6) is -0.962. The predicted octanol–water partition coefficient (Wildman–Crippen LogP) is -0.439. The van der Waals surface area contributed by atoms with Crippen molar-refractivity contribution in [2.24, 2.45) is 7.05 Å². The van der Waals surface area contributed by atoms with Crippen LogP contribution in [0.15, 0.2) is 6.20 Å². The summed E-state index contributed by atoms with van der Waals surface area (Å²) in [6, 6.07) is 0. The zero-order valence-electron chi connectivity index (χ0n) is 7.35. The van der Waals surface area contributed by atoms with Crippen molar-refractivity contribution in [3.8, 4) is 0 Å². The maximum Gasteiger partial charge on any atom is 0.313 e. The number of esters is 1. The average Bonchev–Trinajstić information content (AvgIpc) is 2.51. The number of hydrogen-bond donors (Lipinski definition) is 0. The van der Waals surface area contributed by atoms with Crippen molar-refractivity contribution in [2.75, 3.05) is 7.11 Å². The van der Waals surface area contributed by atoms with E-state index < -0.39 is 5.97 Å². The number of nitrogens with zero attached hydrogens (tertiary/aromatic N) is 3. The highest BCUT2D eigenvalue weighted by Gasteiger charge is 2.14. The molecule has 1 aromatic heterocycles. The minimum absolute atomic E-state index is 0.174. The van der Waals surface area contributed by atoms with E-state index in [2.05, 4.69) is 15.0 Å². The number of carbonyl (C=O) groups excluding carboxylic acids is 2. The molecule has 0 aromatic carbocycles. The molecule has 6 heteroatoms. The molecule has 13 heavy (non-hydrogen) atoms. The second kappa shape index (κ2) is 3.79. The highest BCUT2D eigenvalue weighted by atomic mass is 16.5. The molecule has 0 amide bonds. The normalized spacial score (nSPS) is 9.69. The number of aromatic nitrogens is 3. The quantitative estimate of drug-likeness (QED) is 0.361. The predicted molar refractivity (Wildman–Crippen MR) is 42.0 cm³/mol. The van der Waals surface area contributed by atoms with Crippen LogP contribution in [0.2, 0.25) is 0 Å². The molecule has 0 spiro atoms. The highest BCUT2D eigenvalue weighted by molar-refractivity contribution is 6.04. The van der Waals surface area contributed by atoms with Gasteiger partial charge in [0.1, 0.15) is 12.1 Å². The lowest BCUT2D eigenvalue weighted by atomic mass is 10.2. The Balaban J connectivity index is 2.64.